The van der Waals surface area contributed by atoms with Gasteiger partial charge in [0, 0.05) is 5.92 Å². The molecule has 3 heteroatoms. The number of hydrogen-bond acceptors (Lipinski definition) is 2. The molecule has 1 heterocycles. The molecule has 0 bridgehead atoms. The van der Waals surface area contributed by atoms with Crippen molar-refractivity contribution in [1.82, 2.24) is 9.97 Å². The molecule has 0 aliphatic rings. The second-order valence-corrected chi connectivity index (χ2v) is 5.14. The van der Waals surface area contributed by atoms with Crippen molar-refractivity contribution in [2.24, 2.45) is 0 Å². The van der Waals surface area contributed by atoms with Gasteiger partial charge in [-0.05, 0) is 18.6 Å². The molecule has 0 saturated heterocycles. The van der Waals surface area contributed by atoms with Gasteiger partial charge in [0.2, 0.25) is 0 Å². The smallest absolute Gasteiger partial charge is 0.131 e. The van der Waals surface area contributed by atoms with E-state index in [0.717, 1.165) is 22.8 Å². The zero-order valence-electron chi connectivity index (χ0n) is 11.4. The highest BCUT2D eigenvalue weighted by atomic mass is 35.5. The van der Waals surface area contributed by atoms with E-state index < -0.39 is 0 Å². The fraction of sp³-hybridized carbons (Fsp3) is 0.250. The van der Waals surface area contributed by atoms with Crippen LogP contribution >= 0.6 is 11.6 Å². The summed E-state index contributed by atoms with van der Waals surface area (Å²) in [6.07, 6.45) is 3.95. The van der Waals surface area contributed by atoms with Crippen molar-refractivity contribution in [2.45, 2.75) is 26.7 Å². The minimum Gasteiger partial charge on any atom is -0.236 e. The molecule has 0 fully saturated rings. The number of rotatable bonds is 3. The highest BCUT2D eigenvalue weighted by Crippen LogP contribution is 2.22. The summed E-state index contributed by atoms with van der Waals surface area (Å²) in [6, 6.07) is 10.1. The van der Waals surface area contributed by atoms with Crippen LogP contribution in [-0.2, 0) is 0 Å². The van der Waals surface area contributed by atoms with E-state index in [4.69, 9.17) is 11.6 Å². The first-order valence-electron chi connectivity index (χ1n) is 6.35. The van der Waals surface area contributed by atoms with Crippen molar-refractivity contribution in [2.75, 3.05) is 0 Å². The van der Waals surface area contributed by atoms with Gasteiger partial charge in [0.1, 0.15) is 5.82 Å². The number of hydrogen-bond donors (Lipinski definition) is 0. The van der Waals surface area contributed by atoms with Crippen LogP contribution in [0.4, 0.5) is 0 Å². The summed E-state index contributed by atoms with van der Waals surface area (Å²) in [7, 11) is 0. The van der Waals surface area contributed by atoms with Crippen LogP contribution in [0.25, 0.3) is 12.2 Å². The van der Waals surface area contributed by atoms with E-state index in [0.29, 0.717) is 10.9 Å². The molecule has 2 nitrogen and oxygen atoms in total. The first-order chi connectivity index (χ1) is 9.08. The molecule has 0 atom stereocenters. The second-order valence-electron chi connectivity index (χ2n) is 4.77. The van der Waals surface area contributed by atoms with Crippen LogP contribution in [0.3, 0.4) is 0 Å². The molecule has 0 spiro atoms. The molecule has 0 N–H and O–H groups in total. The quantitative estimate of drug-likeness (QED) is 0.807. The maximum atomic E-state index is 6.26. The van der Waals surface area contributed by atoms with Gasteiger partial charge < -0.3 is 0 Å². The number of aryl methyl sites for hydroxylation is 1. The molecule has 1 aromatic heterocycles. The minimum atomic E-state index is 0.292. The van der Waals surface area contributed by atoms with Gasteiger partial charge in [-0.3, -0.25) is 0 Å². The summed E-state index contributed by atoms with van der Waals surface area (Å²) in [5.41, 5.74) is 2.73. The molecule has 0 saturated carbocycles. The first-order valence-corrected chi connectivity index (χ1v) is 6.73. The average Bonchev–Trinajstić information content (AvgIpc) is 2.41. The lowest BCUT2D eigenvalue weighted by Gasteiger charge is -2.08. The minimum absolute atomic E-state index is 0.292. The Morgan fingerprint density at radius 2 is 1.74 bits per heavy atom. The van der Waals surface area contributed by atoms with Crippen LogP contribution in [0.1, 0.15) is 42.5 Å². The Morgan fingerprint density at radius 3 is 2.37 bits per heavy atom. The zero-order valence-corrected chi connectivity index (χ0v) is 12.1. The normalized spacial score (nSPS) is 11.4. The van der Waals surface area contributed by atoms with E-state index in [-0.39, 0.29) is 0 Å². The van der Waals surface area contributed by atoms with Gasteiger partial charge in [0.05, 0.1) is 16.4 Å². The maximum Gasteiger partial charge on any atom is 0.131 e. The molecule has 1 aromatic carbocycles. The van der Waals surface area contributed by atoms with Crippen molar-refractivity contribution in [1.29, 1.82) is 0 Å². The van der Waals surface area contributed by atoms with Gasteiger partial charge in [-0.15, -0.1) is 0 Å². The number of halogens is 1. The SMILES string of the molecule is Cc1nc(C(C)C)nc(/C=C/c2ccccc2)c1Cl. The topological polar surface area (TPSA) is 25.8 Å². The number of aromatic nitrogens is 2. The van der Waals surface area contributed by atoms with E-state index in [1.165, 1.54) is 0 Å². The molecule has 0 radical (unpaired) electrons. The van der Waals surface area contributed by atoms with Crippen LogP contribution in [-0.4, -0.2) is 9.97 Å². The van der Waals surface area contributed by atoms with E-state index in [9.17, 15) is 0 Å². The molecule has 2 aromatic rings. The van der Waals surface area contributed by atoms with E-state index >= 15 is 0 Å². The van der Waals surface area contributed by atoms with E-state index in [1.54, 1.807) is 0 Å². The summed E-state index contributed by atoms with van der Waals surface area (Å²) in [5, 5.41) is 0.622. The van der Waals surface area contributed by atoms with Crippen molar-refractivity contribution < 1.29 is 0 Å². The third-order valence-electron chi connectivity index (χ3n) is 2.81. The Hall–Kier alpha value is -1.67. The van der Waals surface area contributed by atoms with Gasteiger partial charge >= 0.3 is 0 Å². The summed E-state index contributed by atoms with van der Waals surface area (Å²) in [5.74, 6) is 1.12. The Labute approximate surface area is 119 Å². The second kappa shape index (κ2) is 5.98. The van der Waals surface area contributed by atoms with Crippen molar-refractivity contribution in [3.63, 3.8) is 0 Å². The summed E-state index contributed by atoms with van der Waals surface area (Å²) >= 11 is 6.26. The third-order valence-corrected chi connectivity index (χ3v) is 3.28. The summed E-state index contributed by atoms with van der Waals surface area (Å²) < 4.78 is 0. The zero-order chi connectivity index (χ0) is 13.8. The largest absolute Gasteiger partial charge is 0.236 e. The lowest BCUT2D eigenvalue weighted by molar-refractivity contribution is 0.764. The molecule has 0 amide bonds. The highest BCUT2D eigenvalue weighted by Gasteiger charge is 2.09. The van der Waals surface area contributed by atoms with Gasteiger partial charge in [0.15, 0.2) is 0 Å². The number of nitrogens with zero attached hydrogens (tertiary/aromatic N) is 2. The summed E-state index contributed by atoms with van der Waals surface area (Å²) in [6.45, 7) is 6.07. The van der Waals surface area contributed by atoms with Crippen LogP contribution in [0, 0.1) is 6.92 Å². The van der Waals surface area contributed by atoms with Gasteiger partial charge in [-0.25, -0.2) is 9.97 Å². The molecule has 0 unspecified atom stereocenters. The Kier molecular flexibility index (Phi) is 4.33. The van der Waals surface area contributed by atoms with Crippen molar-refractivity contribution in [3.05, 3.63) is 58.1 Å². The average molecular weight is 273 g/mol. The molecule has 19 heavy (non-hydrogen) atoms. The molecule has 0 aliphatic carbocycles. The molecule has 2 rings (SSSR count). The van der Waals surface area contributed by atoms with Gasteiger partial charge in [0.25, 0.3) is 0 Å². The van der Waals surface area contributed by atoms with E-state index in [1.807, 2.05) is 49.4 Å². The Bertz CT molecular complexity index is 589. The summed E-state index contributed by atoms with van der Waals surface area (Å²) in [4.78, 5) is 8.93. The molecular weight excluding hydrogens is 256 g/mol. The predicted molar refractivity (Wildman–Crippen MR) is 81.2 cm³/mol. The fourth-order valence-electron chi connectivity index (χ4n) is 1.71. The van der Waals surface area contributed by atoms with Crippen molar-refractivity contribution >= 4 is 23.8 Å². The molecular formula is C16H17ClN2. The van der Waals surface area contributed by atoms with Gasteiger partial charge in [-0.1, -0.05) is 61.9 Å². The molecule has 0 aliphatic heterocycles. The monoisotopic (exact) mass is 272 g/mol. The Morgan fingerprint density at radius 1 is 1.05 bits per heavy atom. The predicted octanol–water partition coefficient (Wildman–Crippen LogP) is 4.73. The van der Waals surface area contributed by atoms with Crippen molar-refractivity contribution in [3.8, 4) is 0 Å². The molecule has 98 valence electrons. The third kappa shape index (κ3) is 3.42. The maximum absolute atomic E-state index is 6.26. The lowest BCUT2D eigenvalue weighted by Crippen LogP contribution is -2.02. The van der Waals surface area contributed by atoms with Gasteiger partial charge in [-0.2, -0.15) is 0 Å². The van der Waals surface area contributed by atoms with Crippen LogP contribution in [0.15, 0.2) is 30.3 Å². The fourth-order valence-corrected chi connectivity index (χ4v) is 1.86. The number of benzene rings is 1. The standard InChI is InChI=1S/C16H17ClN2/c1-11(2)16-18-12(3)15(17)14(19-16)10-9-13-7-5-4-6-8-13/h4-11H,1-3H3/b10-9+. The highest BCUT2D eigenvalue weighted by molar-refractivity contribution is 6.32. The van der Waals surface area contributed by atoms with E-state index in [2.05, 4.69) is 23.8 Å². The lowest BCUT2D eigenvalue weighted by atomic mass is 10.1. The van der Waals surface area contributed by atoms with Crippen LogP contribution in [0.5, 0.6) is 0 Å². The van der Waals surface area contributed by atoms with Crippen LogP contribution in [0.2, 0.25) is 5.02 Å². The first kappa shape index (κ1) is 13.8. The Balaban J connectivity index is 2.37. The van der Waals surface area contributed by atoms with Crippen LogP contribution < -0.4 is 0 Å².